The first-order valence-corrected chi connectivity index (χ1v) is 7.04. The summed E-state index contributed by atoms with van der Waals surface area (Å²) in [6.45, 7) is 10.6. The molecule has 4 atom stereocenters. The predicted octanol–water partition coefficient (Wildman–Crippen LogP) is 2.17. The van der Waals surface area contributed by atoms with E-state index in [2.05, 4.69) is 19.2 Å². The first-order chi connectivity index (χ1) is 8.73. The van der Waals surface area contributed by atoms with Crippen LogP contribution in [0.25, 0.3) is 0 Å². The maximum Gasteiger partial charge on any atom is 0.326 e. The Morgan fingerprint density at radius 2 is 1.84 bits per heavy atom. The minimum atomic E-state index is -0.978. The number of urea groups is 1. The fraction of sp³-hybridized carbons (Fsp3) is 0.857. The highest BCUT2D eigenvalue weighted by Crippen LogP contribution is 2.26. The summed E-state index contributed by atoms with van der Waals surface area (Å²) in [6, 6.07) is -0.933. The highest BCUT2D eigenvalue weighted by Gasteiger charge is 2.34. The van der Waals surface area contributed by atoms with Gasteiger partial charge in [0.15, 0.2) is 0 Å². The minimum Gasteiger partial charge on any atom is -0.480 e. The van der Waals surface area contributed by atoms with Crippen molar-refractivity contribution >= 4 is 12.0 Å². The summed E-state index contributed by atoms with van der Waals surface area (Å²) >= 11 is 0. The largest absolute Gasteiger partial charge is 0.480 e. The topological polar surface area (TPSA) is 69.6 Å². The van der Waals surface area contributed by atoms with E-state index < -0.39 is 12.0 Å². The van der Waals surface area contributed by atoms with Gasteiger partial charge in [0.25, 0.3) is 0 Å². The van der Waals surface area contributed by atoms with Crippen LogP contribution in [0, 0.1) is 17.8 Å². The van der Waals surface area contributed by atoms with Gasteiger partial charge in [-0.05, 0) is 31.1 Å². The molecule has 5 nitrogen and oxygen atoms in total. The summed E-state index contributed by atoms with van der Waals surface area (Å²) in [4.78, 5) is 25.2. The Kier molecular flexibility index (Phi) is 5.20. The lowest BCUT2D eigenvalue weighted by Crippen LogP contribution is -2.56. The van der Waals surface area contributed by atoms with E-state index in [0.717, 1.165) is 6.42 Å². The van der Waals surface area contributed by atoms with E-state index in [9.17, 15) is 9.59 Å². The molecule has 0 radical (unpaired) electrons. The van der Waals surface area contributed by atoms with Crippen LogP contribution in [0.2, 0.25) is 0 Å². The Labute approximate surface area is 115 Å². The average molecular weight is 270 g/mol. The lowest BCUT2D eigenvalue weighted by atomic mass is 9.86. The lowest BCUT2D eigenvalue weighted by Gasteiger charge is -2.41. The molecule has 1 saturated heterocycles. The van der Waals surface area contributed by atoms with Gasteiger partial charge >= 0.3 is 12.0 Å². The van der Waals surface area contributed by atoms with Crippen LogP contribution in [0.3, 0.4) is 0 Å². The number of carbonyl (C=O) groups excluding carboxylic acids is 1. The van der Waals surface area contributed by atoms with Crippen molar-refractivity contribution in [2.45, 2.75) is 53.1 Å². The minimum absolute atomic E-state index is 0.128. The van der Waals surface area contributed by atoms with E-state index in [0.29, 0.717) is 18.4 Å². The maximum atomic E-state index is 12.3. The van der Waals surface area contributed by atoms with Gasteiger partial charge in [0.05, 0.1) is 0 Å². The first-order valence-electron chi connectivity index (χ1n) is 7.04. The number of aliphatic carboxylic acids is 1. The summed E-state index contributed by atoms with van der Waals surface area (Å²) in [5.74, 6) is -0.207. The Hall–Kier alpha value is -1.26. The third-order valence-electron chi connectivity index (χ3n) is 4.07. The summed E-state index contributed by atoms with van der Waals surface area (Å²) in [5, 5.41) is 11.8. The molecule has 0 bridgehead atoms. The monoisotopic (exact) mass is 270 g/mol. The summed E-state index contributed by atoms with van der Waals surface area (Å²) < 4.78 is 0. The number of nitrogens with zero attached hydrogens (tertiary/aromatic N) is 1. The zero-order valence-electron chi connectivity index (χ0n) is 12.5. The molecule has 2 amide bonds. The fourth-order valence-corrected chi connectivity index (χ4v) is 2.71. The number of rotatable bonds is 3. The molecule has 19 heavy (non-hydrogen) atoms. The van der Waals surface area contributed by atoms with Crippen LogP contribution in [0.15, 0.2) is 0 Å². The van der Waals surface area contributed by atoms with Gasteiger partial charge in [-0.3, -0.25) is 0 Å². The zero-order chi connectivity index (χ0) is 14.7. The molecule has 1 heterocycles. The Morgan fingerprint density at radius 3 is 2.32 bits per heavy atom. The van der Waals surface area contributed by atoms with Crippen LogP contribution in [-0.4, -0.2) is 40.6 Å². The number of hydrogen-bond acceptors (Lipinski definition) is 2. The van der Waals surface area contributed by atoms with Crippen molar-refractivity contribution in [3.63, 3.8) is 0 Å². The van der Waals surface area contributed by atoms with Gasteiger partial charge in [-0.25, -0.2) is 9.59 Å². The smallest absolute Gasteiger partial charge is 0.326 e. The number of carboxylic acid groups (broad SMARTS) is 1. The van der Waals surface area contributed by atoms with Gasteiger partial charge in [0.1, 0.15) is 6.04 Å². The van der Waals surface area contributed by atoms with Crippen LogP contribution >= 0.6 is 0 Å². The molecule has 0 aromatic rings. The molecule has 1 aliphatic rings. The molecule has 1 aliphatic heterocycles. The van der Waals surface area contributed by atoms with E-state index in [1.807, 2.05) is 6.92 Å². The van der Waals surface area contributed by atoms with Crippen molar-refractivity contribution in [1.82, 2.24) is 10.2 Å². The molecule has 2 N–H and O–H groups in total. The highest BCUT2D eigenvalue weighted by molar-refractivity contribution is 5.83. The van der Waals surface area contributed by atoms with Crippen LogP contribution in [-0.2, 0) is 4.79 Å². The van der Waals surface area contributed by atoms with Gasteiger partial charge < -0.3 is 15.3 Å². The third-order valence-corrected chi connectivity index (χ3v) is 4.07. The van der Waals surface area contributed by atoms with Crippen molar-refractivity contribution in [1.29, 1.82) is 0 Å². The molecule has 0 aliphatic carbocycles. The number of carbonyl (C=O) groups is 2. The van der Waals surface area contributed by atoms with Crippen molar-refractivity contribution in [2.75, 3.05) is 6.54 Å². The van der Waals surface area contributed by atoms with Crippen molar-refractivity contribution < 1.29 is 14.7 Å². The number of piperidine rings is 1. The molecule has 1 rings (SSSR count). The second-order valence-corrected chi connectivity index (χ2v) is 6.22. The summed E-state index contributed by atoms with van der Waals surface area (Å²) in [6.07, 6.45) is 1.11. The molecular formula is C14H26N2O3. The van der Waals surface area contributed by atoms with E-state index in [-0.39, 0.29) is 18.0 Å². The first kappa shape index (κ1) is 15.8. The number of nitrogens with one attached hydrogen (secondary N) is 1. The van der Waals surface area contributed by atoms with Gasteiger partial charge in [-0.1, -0.05) is 27.7 Å². The van der Waals surface area contributed by atoms with Crippen molar-refractivity contribution in [3.05, 3.63) is 0 Å². The molecule has 0 saturated carbocycles. The zero-order valence-corrected chi connectivity index (χ0v) is 12.5. The highest BCUT2D eigenvalue weighted by atomic mass is 16.4. The number of likely N-dealkylation sites (tertiary alicyclic amines) is 1. The Balaban J connectivity index is 2.73. The van der Waals surface area contributed by atoms with E-state index >= 15 is 0 Å². The normalized spacial score (nSPS) is 29.2. The molecule has 5 heteroatoms. The van der Waals surface area contributed by atoms with Crippen molar-refractivity contribution in [3.8, 4) is 0 Å². The van der Waals surface area contributed by atoms with E-state index in [4.69, 9.17) is 5.11 Å². The standard InChI is InChI=1S/C14H26N2O3/c1-8(2)12(13(17)18)15-14(19)16-7-9(3)6-10(4)11(16)5/h8-12H,6-7H2,1-5H3,(H,15,19)(H,17,18)/t9?,10?,11?,12-/m1/s1. The fourth-order valence-electron chi connectivity index (χ4n) is 2.71. The lowest BCUT2D eigenvalue weighted by molar-refractivity contribution is -0.140. The quantitative estimate of drug-likeness (QED) is 0.825. The van der Waals surface area contributed by atoms with Crippen LogP contribution in [0.5, 0.6) is 0 Å². The number of amides is 2. The summed E-state index contributed by atoms with van der Waals surface area (Å²) in [7, 11) is 0. The molecule has 3 unspecified atom stereocenters. The summed E-state index contributed by atoms with van der Waals surface area (Å²) in [5.41, 5.74) is 0. The SMILES string of the molecule is CC1CC(C)C(C)N(C(=O)N[C@@H](C(=O)O)C(C)C)C1. The average Bonchev–Trinajstić information content (AvgIpc) is 2.29. The van der Waals surface area contributed by atoms with E-state index in [1.54, 1.807) is 18.7 Å². The molecule has 0 aromatic heterocycles. The van der Waals surface area contributed by atoms with Crippen LogP contribution in [0.1, 0.15) is 41.0 Å². The number of carboxylic acids is 1. The Bertz CT molecular complexity index is 344. The van der Waals surface area contributed by atoms with Crippen LogP contribution < -0.4 is 5.32 Å². The second-order valence-electron chi connectivity index (χ2n) is 6.22. The predicted molar refractivity (Wildman–Crippen MR) is 73.9 cm³/mol. The molecular weight excluding hydrogens is 244 g/mol. The second kappa shape index (κ2) is 6.26. The molecule has 1 fully saturated rings. The maximum absolute atomic E-state index is 12.3. The van der Waals surface area contributed by atoms with E-state index in [1.165, 1.54) is 0 Å². The Morgan fingerprint density at radius 1 is 1.26 bits per heavy atom. The van der Waals surface area contributed by atoms with Gasteiger partial charge in [-0.15, -0.1) is 0 Å². The third kappa shape index (κ3) is 3.85. The van der Waals surface area contributed by atoms with Crippen LogP contribution in [0.4, 0.5) is 4.79 Å². The molecule has 0 spiro atoms. The van der Waals surface area contributed by atoms with Gasteiger partial charge in [0.2, 0.25) is 0 Å². The van der Waals surface area contributed by atoms with Gasteiger partial charge in [0, 0.05) is 12.6 Å². The molecule has 0 aromatic carbocycles. The number of hydrogen-bond donors (Lipinski definition) is 2. The van der Waals surface area contributed by atoms with Crippen molar-refractivity contribution in [2.24, 2.45) is 17.8 Å². The van der Waals surface area contributed by atoms with Gasteiger partial charge in [-0.2, -0.15) is 0 Å². The molecule has 110 valence electrons.